The average Bonchev–Trinajstić information content (AvgIpc) is 3.65. The van der Waals surface area contributed by atoms with Gasteiger partial charge >= 0.3 is 0 Å². The number of hydrogen-bond donors (Lipinski definition) is 2. The molecule has 2 aliphatic rings. The van der Waals surface area contributed by atoms with Gasteiger partial charge in [0.15, 0.2) is 11.6 Å². The molecule has 2 fully saturated rings. The summed E-state index contributed by atoms with van der Waals surface area (Å²) in [5, 5.41) is 3.09. The molecule has 1 unspecified atom stereocenters. The molecule has 29 heavy (non-hydrogen) atoms. The molecule has 2 N–H and O–H groups in total. The molecule has 0 radical (unpaired) electrons. The zero-order valence-electron chi connectivity index (χ0n) is 15.8. The van der Waals surface area contributed by atoms with Crippen LogP contribution >= 0.6 is 0 Å². The Morgan fingerprint density at radius 2 is 1.79 bits per heavy atom. The number of carbonyl (C=O) groups is 1. The number of nitrogens with zero attached hydrogens (tertiary/aromatic N) is 3. The van der Waals surface area contributed by atoms with Gasteiger partial charge < -0.3 is 10.3 Å². The highest BCUT2D eigenvalue weighted by Crippen LogP contribution is 2.43. The van der Waals surface area contributed by atoms with Crippen LogP contribution in [0.4, 0.5) is 0 Å². The number of benzene rings is 1. The number of rotatable bonds is 6. The molecule has 146 valence electrons. The molecule has 0 saturated heterocycles. The first kappa shape index (κ1) is 17.7. The summed E-state index contributed by atoms with van der Waals surface area (Å²) in [5.41, 5.74) is 2.13. The van der Waals surface area contributed by atoms with Crippen LogP contribution in [0.5, 0.6) is 0 Å². The summed E-state index contributed by atoms with van der Waals surface area (Å²) >= 11 is 0. The smallest absolute Gasteiger partial charge is 0.270 e. The SMILES string of the molecule is O=C(NC(c1ccc(C2CC2)cc1)C1CC1)c1cc(=O)[nH]c(-c2ncccn2)n1. The van der Waals surface area contributed by atoms with Crippen LogP contribution < -0.4 is 10.9 Å². The highest BCUT2D eigenvalue weighted by molar-refractivity contribution is 5.92. The normalized spacial score (nSPS) is 17.0. The number of aromatic nitrogens is 4. The fourth-order valence-electron chi connectivity index (χ4n) is 3.61. The molecule has 2 heterocycles. The van der Waals surface area contributed by atoms with Crippen molar-refractivity contribution in [2.45, 2.75) is 37.6 Å². The first-order chi connectivity index (χ1) is 14.2. The van der Waals surface area contributed by atoms with Crippen molar-refractivity contribution in [2.24, 2.45) is 5.92 Å². The molecule has 1 amide bonds. The molecule has 2 aliphatic carbocycles. The van der Waals surface area contributed by atoms with E-state index in [1.165, 1.54) is 24.5 Å². The van der Waals surface area contributed by atoms with Gasteiger partial charge in [0.05, 0.1) is 6.04 Å². The van der Waals surface area contributed by atoms with Gasteiger partial charge in [-0.3, -0.25) is 9.59 Å². The van der Waals surface area contributed by atoms with Crippen molar-refractivity contribution in [1.82, 2.24) is 25.3 Å². The second-order valence-corrected chi connectivity index (χ2v) is 7.78. The second kappa shape index (κ2) is 7.24. The van der Waals surface area contributed by atoms with Gasteiger partial charge in [0, 0.05) is 18.5 Å². The van der Waals surface area contributed by atoms with Gasteiger partial charge in [-0.15, -0.1) is 0 Å². The molecule has 2 aromatic heterocycles. The Morgan fingerprint density at radius 3 is 2.45 bits per heavy atom. The maximum Gasteiger partial charge on any atom is 0.270 e. The van der Waals surface area contributed by atoms with Crippen molar-refractivity contribution in [2.75, 3.05) is 0 Å². The predicted octanol–water partition coefficient (Wildman–Crippen LogP) is 2.99. The Balaban J connectivity index is 1.39. The molecule has 0 spiro atoms. The monoisotopic (exact) mass is 387 g/mol. The Labute approximate surface area is 167 Å². The van der Waals surface area contributed by atoms with Gasteiger partial charge in [0.2, 0.25) is 0 Å². The Hall–Kier alpha value is -3.35. The third kappa shape index (κ3) is 3.94. The van der Waals surface area contributed by atoms with E-state index in [2.05, 4.69) is 49.5 Å². The molecule has 7 heteroatoms. The van der Waals surface area contributed by atoms with E-state index in [1.807, 2.05) is 0 Å². The molecule has 1 aromatic carbocycles. The molecule has 1 atom stereocenters. The van der Waals surface area contributed by atoms with Crippen LogP contribution in [-0.2, 0) is 0 Å². The van der Waals surface area contributed by atoms with E-state index < -0.39 is 5.56 Å². The van der Waals surface area contributed by atoms with Crippen LogP contribution in [0.3, 0.4) is 0 Å². The van der Waals surface area contributed by atoms with Gasteiger partial charge in [-0.2, -0.15) is 0 Å². The Bertz CT molecular complexity index is 1090. The van der Waals surface area contributed by atoms with Crippen molar-refractivity contribution in [3.05, 3.63) is 76.0 Å². The van der Waals surface area contributed by atoms with Crippen molar-refractivity contribution in [3.8, 4) is 11.6 Å². The fraction of sp³-hybridized carbons (Fsp3) is 0.318. The topological polar surface area (TPSA) is 101 Å². The Kier molecular flexibility index (Phi) is 4.42. The summed E-state index contributed by atoms with van der Waals surface area (Å²) < 4.78 is 0. The summed E-state index contributed by atoms with van der Waals surface area (Å²) in [6.45, 7) is 0. The van der Waals surface area contributed by atoms with Crippen LogP contribution in [-0.4, -0.2) is 25.8 Å². The lowest BCUT2D eigenvalue weighted by Crippen LogP contribution is -2.31. The summed E-state index contributed by atoms with van der Waals surface area (Å²) in [5.74, 6) is 1.21. The van der Waals surface area contributed by atoms with E-state index in [-0.39, 0.29) is 29.3 Å². The molecule has 0 bridgehead atoms. The lowest BCUT2D eigenvalue weighted by atomic mass is 9.99. The maximum atomic E-state index is 12.9. The van der Waals surface area contributed by atoms with Gasteiger partial charge in [0.25, 0.3) is 11.5 Å². The van der Waals surface area contributed by atoms with Crippen LogP contribution in [0.15, 0.2) is 53.6 Å². The highest BCUT2D eigenvalue weighted by atomic mass is 16.2. The van der Waals surface area contributed by atoms with Crippen LogP contribution in [0.1, 0.15) is 59.3 Å². The van der Waals surface area contributed by atoms with E-state index in [4.69, 9.17) is 0 Å². The van der Waals surface area contributed by atoms with Gasteiger partial charge in [-0.05, 0) is 54.7 Å². The third-order valence-corrected chi connectivity index (χ3v) is 5.48. The van der Waals surface area contributed by atoms with E-state index in [0.29, 0.717) is 11.8 Å². The Morgan fingerprint density at radius 1 is 1.07 bits per heavy atom. The molecule has 0 aliphatic heterocycles. The minimum absolute atomic E-state index is 0.0662. The van der Waals surface area contributed by atoms with Crippen molar-refractivity contribution in [1.29, 1.82) is 0 Å². The van der Waals surface area contributed by atoms with Crippen molar-refractivity contribution >= 4 is 5.91 Å². The zero-order valence-corrected chi connectivity index (χ0v) is 15.8. The standard InChI is InChI=1S/C22H21N5O2/c28-18-12-17(25-21(26-18)20-23-10-1-11-24-20)22(29)27-19(16-8-9-16)15-6-4-14(5-7-15)13-2-3-13/h1,4-7,10-13,16,19H,2-3,8-9H2,(H,27,29)(H,25,26,28). The van der Waals surface area contributed by atoms with Crippen LogP contribution in [0.25, 0.3) is 11.6 Å². The third-order valence-electron chi connectivity index (χ3n) is 5.48. The number of carbonyl (C=O) groups excluding carboxylic acids is 1. The minimum atomic E-state index is -0.413. The predicted molar refractivity (Wildman–Crippen MR) is 107 cm³/mol. The number of nitrogens with one attached hydrogen (secondary N) is 2. The van der Waals surface area contributed by atoms with E-state index >= 15 is 0 Å². The van der Waals surface area contributed by atoms with E-state index in [1.54, 1.807) is 18.5 Å². The number of H-pyrrole nitrogens is 1. The molecule has 3 aromatic rings. The first-order valence-electron chi connectivity index (χ1n) is 9.97. The first-order valence-corrected chi connectivity index (χ1v) is 9.97. The molecule has 7 nitrogen and oxygen atoms in total. The zero-order chi connectivity index (χ0) is 19.8. The highest BCUT2D eigenvalue weighted by Gasteiger charge is 2.34. The quantitative estimate of drug-likeness (QED) is 0.677. The summed E-state index contributed by atoms with van der Waals surface area (Å²) in [4.78, 5) is 40.0. The maximum absolute atomic E-state index is 12.9. The van der Waals surface area contributed by atoms with E-state index in [0.717, 1.165) is 18.4 Å². The summed E-state index contributed by atoms with van der Waals surface area (Å²) in [6.07, 6.45) is 7.82. The molecular formula is C22H21N5O2. The lowest BCUT2D eigenvalue weighted by Gasteiger charge is -2.19. The fourth-order valence-corrected chi connectivity index (χ4v) is 3.61. The van der Waals surface area contributed by atoms with Gasteiger partial charge in [-0.25, -0.2) is 15.0 Å². The van der Waals surface area contributed by atoms with Crippen molar-refractivity contribution < 1.29 is 4.79 Å². The largest absolute Gasteiger partial charge is 0.344 e. The number of hydrogen-bond acceptors (Lipinski definition) is 5. The average molecular weight is 387 g/mol. The second-order valence-electron chi connectivity index (χ2n) is 7.78. The van der Waals surface area contributed by atoms with Gasteiger partial charge in [-0.1, -0.05) is 24.3 Å². The summed E-state index contributed by atoms with van der Waals surface area (Å²) in [7, 11) is 0. The molecule has 5 rings (SSSR count). The molecule has 2 saturated carbocycles. The molecular weight excluding hydrogens is 366 g/mol. The lowest BCUT2D eigenvalue weighted by molar-refractivity contribution is 0.0926. The minimum Gasteiger partial charge on any atom is -0.344 e. The summed E-state index contributed by atoms with van der Waals surface area (Å²) in [6, 6.07) is 11.4. The van der Waals surface area contributed by atoms with E-state index in [9.17, 15) is 9.59 Å². The van der Waals surface area contributed by atoms with Crippen LogP contribution in [0, 0.1) is 5.92 Å². The van der Waals surface area contributed by atoms with Gasteiger partial charge in [0.1, 0.15) is 5.69 Å². The number of amides is 1. The number of aromatic amines is 1. The van der Waals surface area contributed by atoms with Crippen molar-refractivity contribution in [3.63, 3.8) is 0 Å². The van der Waals surface area contributed by atoms with Crippen LogP contribution in [0.2, 0.25) is 0 Å².